The van der Waals surface area contributed by atoms with Gasteiger partial charge in [0.15, 0.2) is 0 Å². The average molecular weight is 326 g/mol. The van der Waals surface area contributed by atoms with Gasteiger partial charge < -0.3 is 9.84 Å². The minimum Gasteiger partial charge on any atom is -0.508 e. The summed E-state index contributed by atoms with van der Waals surface area (Å²) in [5.74, 6) is 1.16. The minimum atomic E-state index is 0.163. The van der Waals surface area contributed by atoms with Crippen molar-refractivity contribution in [1.82, 2.24) is 0 Å². The van der Waals surface area contributed by atoms with Crippen LogP contribution in [-0.4, -0.2) is 16.9 Å². The number of phenols is 1. The molecule has 0 aliphatic heterocycles. The maximum Gasteiger partial charge on any atom is 0.119 e. The van der Waals surface area contributed by atoms with E-state index in [0.29, 0.717) is 5.75 Å². The van der Waals surface area contributed by atoms with Crippen molar-refractivity contribution in [2.45, 2.75) is 46.6 Å². The molecule has 0 fully saturated rings. The number of ether oxygens (including phenoxy) is 1. The maximum absolute atomic E-state index is 9.68. The van der Waals surface area contributed by atoms with E-state index in [0.717, 1.165) is 41.1 Å². The van der Waals surface area contributed by atoms with Gasteiger partial charge in [0.2, 0.25) is 0 Å². The van der Waals surface area contributed by atoms with Crippen molar-refractivity contribution in [3.8, 4) is 11.5 Å². The monoisotopic (exact) mass is 326 g/mol. The molecule has 0 heterocycles. The topological polar surface area (TPSA) is 53.9 Å². The highest BCUT2D eigenvalue weighted by Gasteiger charge is 2.06. The number of aromatic hydroxyl groups is 1. The van der Waals surface area contributed by atoms with Crippen molar-refractivity contribution >= 4 is 11.4 Å². The van der Waals surface area contributed by atoms with E-state index < -0.39 is 0 Å². The van der Waals surface area contributed by atoms with Gasteiger partial charge >= 0.3 is 0 Å². The third-order valence-corrected chi connectivity index (χ3v) is 3.56. The second kappa shape index (κ2) is 8.39. The van der Waals surface area contributed by atoms with Gasteiger partial charge in [-0.2, -0.15) is 5.10 Å². The summed E-state index contributed by atoms with van der Waals surface area (Å²) in [4.78, 5) is 0. The van der Waals surface area contributed by atoms with Gasteiger partial charge in [-0.1, -0.05) is 13.3 Å². The fourth-order valence-electron chi connectivity index (χ4n) is 2.35. The third-order valence-electron chi connectivity index (χ3n) is 3.56. The molecule has 0 radical (unpaired) electrons. The van der Waals surface area contributed by atoms with E-state index in [2.05, 4.69) is 17.5 Å². The van der Waals surface area contributed by atoms with Gasteiger partial charge in [0.25, 0.3) is 0 Å². The first-order valence-electron chi connectivity index (χ1n) is 8.39. The Morgan fingerprint density at radius 1 is 1.17 bits per heavy atom. The molecule has 0 aliphatic carbocycles. The van der Waals surface area contributed by atoms with E-state index in [4.69, 9.17) is 4.74 Å². The molecule has 4 heteroatoms. The van der Waals surface area contributed by atoms with Crippen LogP contribution in [0, 0.1) is 6.92 Å². The van der Waals surface area contributed by atoms with Crippen LogP contribution < -0.4 is 10.2 Å². The van der Waals surface area contributed by atoms with Gasteiger partial charge in [0.1, 0.15) is 11.5 Å². The van der Waals surface area contributed by atoms with Crippen LogP contribution in [0.5, 0.6) is 11.5 Å². The molecule has 0 atom stereocenters. The highest BCUT2D eigenvalue weighted by atomic mass is 16.5. The molecule has 128 valence electrons. The van der Waals surface area contributed by atoms with E-state index in [1.807, 2.05) is 57.2 Å². The van der Waals surface area contributed by atoms with Crippen LogP contribution in [0.25, 0.3) is 0 Å². The van der Waals surface area contributed by atoms with Gasteiger partial charge in [-0.15, -0.1) is 0 Å². The van der Waals surface area contributed by atoms with Crippen molar-refractivity contribution in [3.05, 3.63) is 53.6 Å². The zero-order chi connectivity index (χ0) is 17.5. The van der Waals surface area contributed by atoms with Crippen LogP contribution in [0.3, 0.4) is 0 Å². The first kappa shape index (κ1) is 17.9. The molecule has 0 saturated heterocycles. The molecule has 0 unspecified atom stereocenters. The Balaban J connectivity index is 2.14. The van der Waals surface area contributed by atoms with Crippen molar-refractivity contribution in [1.29, 1.82) is 0 Å². The Hall–Kier alpha value is -2.49. The Kier molecular flexibility index (Phi) is 6.24. The van der Waals surface area contributed by atoms with Gasteiger partial charge in [-0.25, -0.2) is 0 Å². The van der Waals surface area contributed by atoms with Crippen molar-refractivity contribution < 1.29 is 9.84 Å². The smallest absolute Gasteiger partial charge is 0.119 e. The lowest BCUT2D eigenvalue weighted by Crippen LogP contribution is -2.06. The quantitative estimate of drug-likeness (QED) is 0.549. The lowest BCUT2D eigenvalue weighted by atomic mass is 10.0. The fraction of sp³-hybridized carbons (Fsp3) is 0.350. The number of anilines is 1. The molecule has 0 aromatic heterocycles. The number of rotatable bonds is 7. The number of nitrogens with one attached hydrogen (secondary N) is 1. The summed E-state index contributed by atoms with van der Waals surface area (Å²) in [7, 11) is 0. The molecule has 24 heavy (non-hydrogen) atoms. The summed E-state index contributed by atoms with van der Waals surface area (Å²) in [5.41, 5.74) is 6.88. The highest BCUT2D eigenvalue weighted by molar-refractivity contribution is 6.01. The second-order valence-electron chi connectivity index (χ2n) is 6.11. The van der Waals surface area contributed by atoms with Crippen molar-refractivity contribution in [2.24, 2.45) is 5.10 Å². The molecule has 2 aromatic carbocycles. The summed E-state index contributed by atoms with van der Waals surface area (Å²) in [5, 5.41) is 14.2. The van der Waals surface area contributed by atoms with Crippen LogP contribution in [0.2, 0.25) is 0 Å². The molecule has 0 bridgehead atoms. The SMILES string of the molecule is CCCC(=NNc1ccc(OC(C)C)cc1)c1ccc(O)c(C)c1. The highest BCUT2D eigenvalue weighted by Crippen LogP contribution is 2.20. The van der Waals surface area contributed by atoms with Crippen LogP contribution in [0.1, 0.15) is 44.7 Å². The van der Waals surface area contributed by atoms with E-state index >= 15 is 0 Å². The van der Waals surface area contributed by atoms with Crippen LogP contribution in [-0.2, 0) is 0 Å². The predicted octanol–water partition coefficient (Wildman–Crippen LogP) is 5.10. The third kappa shape index (κ3) is 5.01. The average Bonchev–Trinajstić information content (AvgIpc) is 2.55. The van der Waals surface area contributed by atoms with Crippen molar-refractivity contribution in [2.75, 3.05) is 5.43 Å². The molecule has 2 aromatic rings. The summed E-state index contributed by atoms with van der Waals surface area (Å²) in [6.45, 7) is 8.03. The number of hydrogen-bond donors (Lipinski definition) is 2. The Morgan fingerprint density at radius 3 is 2.46 bits per heavy atom. The molecular weight excluding hydrogens is 300 g/mol. The molecule has 0 spiro atoms. The molecule has 0 amide bonds. The van der Waals surface area contributed by atoms with Gasteiger partial charge in [-0.05, 0) is 80.8 Å². The van der Waals surface area contributed by atoms with Gasteiger partial charge in [0, 0.05) is 0 Å². The summed E-state index contributed by atoms with van der Waals surface area (Å²) in [6, 6.07) is 13.3. The number of hydrogen-bond acceptors (Lipinski definition) is 4. The number of phenolic OH excluding ortho intramolecular Hbond substituents is 1. The van der Waals surface area contributed by atoms with Crippen LogP contribution in [0.4, 0.5) is 5.69 Å². The number of hydrazone groups is 1. The largest absolute Gasteiger partial charge is 0.508 e. The number of benzene rings is 2. The molecule has 0 aliphatic rings. The summed E-state index contributed by atoms with van der Waals surface area (Å²) < 4.78 is 5.64. The fourth-order valence-corrected chi connectivity index (χ4v) is 2.35. The van der Waals surface area contributed by atoms with Gasteiger partial charge in [0.05, 0.1) is 17.5 Å². The van der Waals surface area contributed by atoms with Crippen LogP contribution in [0.15, 0.2) is 47.6 Å². The van der Waals surface area contributed by atoms with E-state index in [1.54, 1.807) is 6.07 Å². The zero-order valence-corrected chi connectivity index (χ0v) is 14.8. The maximum atomic E-state index is 9.68. The van der Waals surface area contributed by atoms with E-state index in [1.165, 1.54) is 0 Å². The lowest BCUT2D eigenvalue weighted by Gasteiger charge is -2.11. The molecule has 4 nitrogen and oxygen atoms in total. The molecular formula is C20H26N2O2. The first-order valence-corrected chi connectivity index (χ1v) is 8.39. The Morgan fingerprint density at radius 2 is 1.88 bits per heavy atom. The molecule has 2 rings (SSSR count). The normalized spacial score (nSPS) is 11.6. The Bertz CT molecular complexity index is 691. The first-order chi connectivity index (χ1) is 11.5. The summed E-state index contributed by atoms with van der Waals surface area (Å²) in [6.07, 6.45) is 2.03. The summed E-state index contributed by atoms with van der Waals surface area (Å²) >= 11 is 0. The van der Waals surface area contributed by atoms with Gasteiger partial charge in [-0.3, -0.25) is 5.43 Å². The minimum absolute atomic E-state index is 0.163. The number of aryl methyl sites for hydroxylation is 1. The van der Waals surface area contributed by atoms with E-state index in [9.17, 15) is 5.11 Å². The van der Waals surface area contributed by atoms with Crippen LogP contribution >= 0.6 is 0 Å². The Labute approximate surface area is 144 Å². The molecule has 0 saturated carbocycles. The second-order valence-corrected chi connectivity index (χ2v) is 6.11. The zero-order valence-electron chi connectivity index (χ0n) is 14.8. The predicted molar refractivity (Wildman–Crippen MR) is 100 cm³/mol. The van der Waals surface area contributed by atoms with Crippen molar-refractivity contribution in [3.63, 3.8) is 0 Å². The number of nitrogens with zero attached hydrogens (tertiary/aromatic N) is 1. The standard InChI is InChI=1S/C20H26N2O2/c1-5-6-19(16-7-12-20(23)15(4)13-16)22-21-17-8-10-18(11-9-17)24-14(2)3/h7-14,21,23H,5-6H2,1-4H3. The van der Waals surface area contributed by atoms with E-state index in [-0.39, 0.29) is 6.10 Å². The lowest BCUT2D eigenvalue weighted by molar-refractivity contribution is 0.242. The molecule has 2 N–H and O–H groups in total.